The predicted molar refractivity (Wildman–Crippen MR) is 92.3 cm³/mol. The molecule has 122 valence electrons. The van der Waals surface area contributed by atoms with Gasteiger partial charge in [0.1, 0.15) is 5.75 Å². The van der Waals surface area contributed by atoms with E-state index in [0.29, 0.717) is 5.95 Å². The second-order valence-electron chi connectivity index (χ2n) is 5.44. The highest BCUT2D eigenvalue weighted by Crippen LogP contribution is 2.13. The van der Waals surface area contributed by atoms with Gasteiger partial charge in [-0.3, -0.25) is 9.78 Å². The standard InChI is InChI=1S/C17H22N4O2/c1-4-6-14-10-16(22)20-17(19-14)21-18-11-13-7-5-8-15(9-13)23-12(2)3/h5,7-12H,4,6H2,1-3H3,(H2,19,20,21,22)/b18-11+. The molecule has 0 unspecified atom stereocenters. The van der Waals surface area contributed by atoms with E-state index in [1.54, 1.807) is 6.21 Å². The number of nitrogens with zero attached hydrogens (tertiary/aromatic N) is 2. The number of nitrogens with one attached hydrogen (secondary N) is 2. The van der Waals surface area contributed by atoms with E-state index >= 15 is 0 Å². The molecule has 2 aromatic rings. The van der Waals surface area contributed by atoms with Crippen molar-refractivity contribution in [3.8, 4) is 5.75 Å². The topological polar surface area (TPSA) is 79.4 Å². The van der Waals surface area contributed by atoms with Crippen LogP contribution in [0.25, 0.3) is 0 Å². The average molecular weight is 314 g/mol. The Balaban J connectivity index is 2.05. The Kier molecular flexibility index (Phi) is 5.91. The van der Waals surface area contributed by atoms with Crippen molar-refractivity contribution in [2.75, 3.05) is 5.43 Å². The molecule has 0 aliphatic heterocycles. The van der Waals surface area contributed by atoms with Gasteiger partial charge in [0, 0.05) is 11.8 Å². The molecule has 2 N–H and O–H groups in total. The van der Waals surface area contributed by atoms with Gasteiger partial charge < -0.3 is 4.74 Å². The summed E-state index contributed by atoms with van der Waals surface area (Å²) < 4.78 is 5.64. The Labute approximate surface area is 135 Å². The summed E-state index contributed by atoms with van der Waals surface area (Å²) >= 11 is 0. The third-order valence-corrected chi connectivity index (χ3v) is 2.91. The molecule has 0 bridgehead atoms. The van der Waals surface area contributed by atoms with E-state index < -0.39 is 0 Å². The van der Waals surface area contributed by atoms with Gasteiger partial charge >= 0.3 is 0 Å². The van der Waals surface area contributed by atoms with Crippen LogP contribution in [0.4, 0.5) is 5.95 Å². The first-order chi connectivity index (χ1) is 11.1. The molecular formula is C17H22N4O2. The van der Waals surface area contributed by atoms with E-state index in [9.17, 15) is 4.79 Å². The molecule has 23 heavy (non-hydrogen) atoms. The van der Waals surface area contributed by atoms with E-state index in [2.05, 4.69) is 20.5 Å². The van der Waals surface area contributed by atoms with Crippen LogP contribution in [0.1, 0.15) is 38.4 Å². The third-order valence-electron chi connectivity index (χ3n) is 2.91. The SMILES string of the molecule is CCCc1cc(=O)[nH]c(N/N=C/c2cccc(OC(C)C)c2)n1. The van der Waals surface area contributed by atoms with E-state index in [1.165, 1.54) is 6.07 Å². The predicted octanol–water partition coefficient (Wildman–Crippen LogP) is 2.96. The molecule has 0 aliphatic rings. The van der Waals surface area contributed by atoms with Crippen LogP contribution in [-0.4, -0.2) is 22.3 Å². The maximum Gasteiger partial charge on any atom is 0.252 e. The molecule has 0 saturated heterocycles. The van der Waals surface area contributed by atoms with Gasteiger partial charge in [0.2, 0.25) is 5.95 Å². The summed E-state index contributed by atoms with van der Waals surface area (Å²) in [6, 6.07) is 9.13. The number of benzene rings is 1. The largest absolute Gasteiger partial charge is 0.491 e. The Hall–Kier alpha value is -2.63. The first-order valence-electron chi connectivity index (χ1n) is 7.73. The fourth-order valence-corrected chi connectivity index (χ4v) is 2.05. The summed E-state index contributed by atoms with van der Waals surface area (Å²) in [5, 5.41) is 4.11. The molecule has 0 aliphatic carbocycles. The lowest BCUT2D eigenvalue weighted by Crippen LogP contribution is -2.12. The van der Waals surface area contributed by atoms with Gasteiger partial charge in [0.25, 0.3) is 5.56 Å². The minimum Gasteiger partial charge on any atom is -0.491 e. The van der Waals surface area contributed by atoms with Gasteiger partial charge in [-0.1, -0.05) is 25.5 Å². The molecule has 1 aromatic carbocycles. The number of aryl methyl sites for hydroxylation is 1. The number of hydrazone groups is 1. The maximum absolute atomic E-state index is 11.6. The number of ether oxygens (including phenoxy) is 1. The smallest absolute Gasteiger partial charge is 0.252 e. The van der Waals surface area contributed by atoms with Crippen molar-refractivity contribution in [3.63, 3.8) is 0 Å². The van der Waals surface area contributed by atoms with Gasteiger partial charge in [0.05, 0.1) is 12.3 Å². The monoisotopic (exact) mass is 314 g/mol. The summed E-state index contributed by atoms with van der Waals surface area (Å²) in [7, 11) is 0. The highest BCUT2D eigenvalue weighted by molar-refractivity contribution is 5.80. The summed E-state index contributed by atoms with van der Waals surface area (Å²) in [5.74, 6) is 1.13. The second kappa shape index (κ2) is 8.12. The zero-order valence-electron chi connectivity index (χ0n) is 13.7. The Bertz CT molecular complexity index is 723. The normalized spacial score (nSPS) is 11.1. The average Bonchev–Trinajstić information content (AvgIpc) is 2.47. The third kappa shape index (κ3) is 5.58. The van der Waals surface area contributed by atoms with E-state index in [0.717, 1.165) is 29.8 Å². The number of anilines is 1. The van der Waals surface area contributed by atoms with Crippen LogP contribution in [0.5, 0.6) is 5.75 Å². The van der Waals surface area contributed by atoms with Crippen molar-refractivity contribution in [2.45, 2.75) is 39.7 Å². The fraction of sp³-hybridized carbons (Fsp3) is 0.353. The highest BCUT2D eigenvalue weighted by Gasteiger charge is 2.00. The molecule has 6 nitrogen and oxygen atoms in total. The molecule has 0 atom stereocenters. The molecule has 0 spiro atoms. The van der Waals surface area contributed by atoms with Gasteiger partial charge in [-0.2, -0.15) is 5.10 Å². The second-order valence-corrected chi connectivity index (χ2v) is 5.44. The molecule has 0 radical (unpaired) electrons. The lowest BCUT2D eigenvalue weighted by atomic mass is 10.2. The van der Waals surface area contributed by atoms with Crippen LogP contribution in [0, 0.1) is 0 Å². The molecule has 1 heterocycles. The van der Waals surface area contributed by atoms with Crippen LogP contribution in [0.3, 0.4) is 0 Å². The van der Waals surface area contributed by atoms with Crippen LogP contribution in [-0.2, 0) is 6.42 Å². The van der Waals surface area contributed by atoms with E-state index in [4.69, 9.17) is 4.74 Å². The summed E-state index contributed by atoms with van der Waals surface area (Å²) in [6.45, 7) is 6.00. The summed E-state index contributed by atoms with van der Waals surface area (Å²) in [4.78, 5) is 18.5. The minimum absolute atomic E-state index is 0.121. The Morgan fingerprint density at radius 2 is 2.22 bits per heavy atom. The van der Waals surface area contributed by atoms with Gasteiger partial charge in [-0.05, 0) is 38.0 Å². The summed E-state index contributed by atoms with van der Waals surface area (Å²) in [5.41, 5.74) is 4.21. The quantitative estimate of drug-likeness (QED) is 0.608. The molecular weight excluding hydrogens is 292 g/mol. The number of rotatable bonds is 7. The van der Waals surface area contributed by atoms with Crippen molar-refractivity contribution >= 4 is 12.2 Å². The summed E-state index contributed by atoms with van der Waals surface area (Å²) in [6.07, 6.45) is 3.47. The van der Waals surface area contributed by atoms with Gasteiger partial charge in [-0.15, -0.1) is 0 Å². The van der Waals surface area contributed by atoms with E-state index in [-0.39, 0.29) is 11.7 Å². The number of hydrogen-bond acceptors (Lipinski definition) is 5. The molecule has 6 heteroatoms. The fourth-order valence-electron chi connectivity index (χ4n) is 2.05. The molecule has 0 amide bonds. The minimum atomic E-state index is -0.187. The van der Waals surface area contributed by atoms with Crippen molar-refractivity contribution in [1.29, 1.82) is 0 Å². The van der Waals surface area contributed by atoms with Crippen molar-refractivity contribution < 1.29 is 4.74 Å². The Morgan fingerprint density at radius 3 is 2.96 bits per heavy atom. The lowest BCUT2D eigenvalue weighted by molar-refractivity contribution is 0.242. The number of aromatic nitrogens is 2. The number of H-pyrrole nitrogens is 1. The van der Waals surface area contributed by atoms with Crippen LogP contribution < -0.4 is 15.7 Å². The zero-order chi connectivity index (χ0) is 16.7. The highest BCUT2D eigenvalue weighted by atomic mass is 16.5. The first-order valence-corrected chi connectivity index (χ1v) is 7.73. The lowest BCUT2D eigenvalue weighted by Gasteiger charge is -2.09. The number of aromatic amines is 1. The van der Waals surface area contributed by atoms with Crippen LogP contribution in [0.2, 0.25) is 0 Å². The van der Waals surface area contributed by atoms with Gasteiger partial charge in [0.15, 0.2) is 0 Å². The maximum atomic E-state index is 11.6. The number of hydrogen-bond donors (Lipinski definition) is 2. The molecule has 1 aromatic heterocycles. The molecule has 0 saturated carbocycles. The molecule has 2 rings (SSSR count). The van der Waals surface area contributed by atoms with Crippen molar-refractivity contribution in [1.82, 2.24) is 9.97 Å². The van der Waals surface area contributed by atoms with Crippen molar-refractivity contribution in [2.24, 2.45) is 5.10 Å². The van der Waals surface area contributed by atoms with Crippen molar-refractivity contribution in [3.05, 3.63) is 51.9 Å². The molecule has 0 fully saturated rings. The first kappa shape index (κ1) is 16.7. The van der Waals surface area contributed by atoms with E-state index in [1.807, 2.05) is 45.0 Å². The Morgan fingerprint density at radius 1 is 1.39 bits per heavy atom. The van der Waals surface area contributed by atoms with Crippen LogP contribution in [0.15, 0.2) is 40.2 Å². The van der Waals surface area contributed by atoms with Gasteiger partial charge in [-0.25, -0.2) is 10.4 Å². The van der Waals surface area contributed by atoms with Crippen LogP contribution >= 0.6 is 0 Å². The zero-order valence-corrected chi connectivity index (χ0v) is 13.7.